The van der Waals surface area contributed by atoms with Crippen LogP contribution < -0.4 is 0 Å². The quantitative estimate of drug-likeness (QED) is 0.651. The van der Waals surface area contributed by atoms with Gasteiger partial charge in [0.15, 0.2) is 0 Å². The van der Waals surface area contributed by atoms with Gasteiger partial charge < -0.3 is 5.11 Å². The van der Waals surface area contributed by atoms with Crippen LogP contribution in [0.15, 0.2) is 24.3 Å². The van der Waals surface area contributed by atoms with Crippen molar-refractivity contribution in [1.29, 1.82) is 0 Å². The Kier molecular flexibility index (Phi) is 4.92. The molecule has 1 saturated heterocycles. The number of piperidine rings is 1. The summed E-state index contributed by atoms with van der Waals surface area (Å²) < 4.78 is 26.2. The third-order valence-corrected chi connectivity index (χ3v) is 5.53. The molecule has 0 bridgehead atoms. The molecule has 116 valence electrons. The van der Waals surface area contributed by atoms with Gasteiger partial charge in [-0.25, -0.2) is 8.42 Å². The van der Waals surface area contributed by atoms with Crippen LogP contribution in [0.25, 0.3) is 0 Å². The smallest absolute Gasteiger partial charge is 0.269 e. The summed E-state index contributed by atoms with van der Waals surface area (Å²) in [5.74, 6) is -0.207. The van der Waals surface area contributed by atoms with Crippen molar-refractivity contribution in [2.75, 3.05) is 13.2 Å². The van der Waals surface area contributed by atoms with Crippen molar-refractivity contribution in [3.63, 3.8) is 0 Å². The highest BCUT2D eigenvalue weighted by atomic mass is 32.2. The van der Waals surface area contributed by atoms with E-state index in [1.807, 2.05) is 0 Å². The molecule has 8 heteroatoms. The molecule has 1 atom stereocenters. The van der Waals surface area contributed by atoms with E-state index in [0.29, 0.717) is 18.5 Å². The van der Waals surface area contributed by atoms with Gasteiger partial charge in [-0.1, -0.05) is 18.6 Å². The minimum Gasteiger partial charge on any atom is -0.395 e. The molecular weight excluding hydrogens is 296 g/mol. The first-order valence-electron chi connectivity index (χ1n) is 6.78. The number of hydrogen-bond acceptors (Lipinski definition) is 5. The number of benzene rings is 1. The van der Waals surface area contributed by atoms with Crippen molar-refractivity contribution in [3.05, 3.63) is 39.9 Å². The van der Waals surface area contributed by atoms with Gasteiger partial charge in [0.1, 0.15) is 0 Å². The van der Waals surface area contributed by atoms with Gasteiger partial charge in [0.2, 0.25) is 10.0 Å². The predicted octanol–water partition coefficient (Wildman–Crippen LogP) is 1.27. The average Bonchev–Trinajstić information content (AvgIpc) is 2.47. The lowest BCUT2D eigenvalue weighted by molar-refractivity contribution is -0.384. The molecule has 1 N–H and O–H groups in total. The number of nitro benzene ring substituents is 1. The molecule has 1 heterocycles. The van der Waals surface area contributed by atoms with E-state index in [-0.39, 0.29) is 24.1 Å². The summed E-state index contributed by atoms with van der Waals surface area (Å²) in [5.41, 5.74) is 0.435. The van der Waals surface area contributed by atoms with E-state index < -0.39 is 14.9 Å². The number of sulfonamides is 1. The molecule has 7 nitrogen and oxygen atoms in total. The number of non-ortho nitro benzene ring substituents is 1. The second kappa shape index (κ2) is 6.50. The fourth-order valence-corrected chi connectivity index (χ4v) is 4.34. The van der Waals surface area contributed by atoms with Gasteiger partial charge in [-0.05, 0) is 18.4 Å². The minimum absolute atomic E-state index is 0.0673. The van der Waals surface area contributed by atoms with Crippen LogP contribution >= 0.6 is 0 Å². The number of hydrogen-bond donors (Lipinski definition) is 1. The largest absolute Gasteiger partial charge is 0.395 e. The van der Waals surface area contributed by atoms with Gasteiger partial charge in [-0.15, -0.1) is 0 Å². The molecule has 2 rings (SSSR count). The zero-order chi connectivity index (χ0) is 15.5. The summed E-state index contributed by atoms with van der Waals surface area (Å²) in [6, 6.07) is 5.14. The van der Waals surface area contributed by atoms with Gasteiger partial charge in [-0.3, -0.25) is 10.1 Å². The lowest BCUT2D eigenvalue weighted by atomic mass is 10.1. The maximum Gasteiger partial charge on any atom is 0.269 e. The lowest BCUT2D eigenvalue weighted by Gasteiger charge is -2.33. The Bertz CT molecular complexity index is 599. The molecule has 0 radical (unpaired) electrons. The summed E-state index contributed by atoms with van der Waals surface area (Å²) in [7, 11) is -3.53. The van der Waals surface area contributed by atoms with E-state index in [4.69, 9.17) is 0 Å². The molecule has 0 aromatic heterocycles. The van der Waals surface area contributed by atoms with Crippen LogP contribution in [0.4, 0.5) is 5.69 Å². The number of rotatable bonds is 5. The molecule has 1 aromatic rings. The van der Waals surface area contributed by atoms with Gasteiger partial charge in [0.05, 0.1) is 17.3 Å². The number of aliphatic hydroxyl groups excluding tert-OH is 1. The molecule has 1 aliphatic rings. The molecule has 0 saturated carbocycles. The monoisotopic (exact) mass is 314 g/mol. The molecule has 1 fully saturated rings. The predicted molar refractivity (Wildman–Crippen MR) is 77.2 cm³/mol. The summed E-state index contributed by atoms with van der Waals surface area (Å²) >= 11 is 0. The third-order valence-electron chi connectivity index (χ3n) is 3.64. The van der Waals surface area contributed by atoms with Gasteiger partial charge in [-0.2, -0.15) is 4.31 Å². The Morgan fingerprint density at radius 2 is 1.95 bits per heavy atom. The second-order valence-corrected chi connectivity index (χ2v) is 7.04. The molecule has 0 spiro atoms. The lowest BCUT2D eigenvalue weighted by Crippen LogP contribution is -2.45. The van der Waals surface area contributed by atoms with Gasteiger partial charge >= 0.3 is 0 Å². The zero-order valence-corrected chi connectivity index (χ0v) is 12.3. The van der Waals surface area contributed by atoms with Gasteiger partial charge in [0, 0.05) is 24.7 Å². The Morgan fingerprint density at radius 1 is 1.29 bits per heavy atom. The Hall–Kier alpha value is -1.51. The fourth-order valence-electron chi connectivity index (χ4n) is 2.53. The summed E-state index contributed by atoms with van der Waals surface area (Å²) in [5, 5.41) is 19.9. The third kappa shape index (κ3) is 3.78. The molecule has 1 aliphatic heterocycles. The zero-order valence-electron chi connectivity index (χ0n) is 11.5. The van der Waals surface area contributed by atoms with E-state index in [1.165, 1.54) is 28.6 Å². The Morgan fingerprint density at radius 3 is 2.52 bits per heavy atom. The van der Waals surface area contributed by atoms with Crippen molar-refractivity contribution < 1.29 is 18.4 Å². The average molecular weight is 314 g/mol. The molecule has 21 heavy (non-hydrogen) atoms. The topological polar surface area (TPSA) is 101 Å². The van der Waals surface area contributed by atoms with Crippen molar-refractivity contribution >= 4 is 15.7 Å². The summed E-state index contributed by atoms with van der Waals surface area (Å²) in [6.07, 6.45) is 2.36. The van der Waals surface area contributed by atoms with E-state index in [0.717, 1.165) is 12.8 Å². The standard InChI is InChI=1S/C13H18N2O5S/c16-9-13-3-1-2-8-14(13)21(19,20)10-11-4-6-12(7-5-11)15(17)18/h4-7,13,16H,1-3,8-10H2. The second-order valence-electron chi connectivity index (χ2n) is 5.12. The number of aliphatic hydroxyl groups is 1. The first kappa shape index (κ1) is 15.9. The maximum atomic E-state index is 12.4. The van der Waals surface area contributed by atoms with Crippen molar-refractivity contribution in [3.8, 4) is 0 Å². The van der Waals surface area contributed by atoms with Crippen LogP contribution in [-0.4, -0.2) is 41.9 Å². The molecule has 1 unspecified atom stereocenters. The van der Waals surface area contributed by atoms with E-state index in [2.05, 4.69) is 0 Å². The molecule has 0 amide bonds. The minimum atomic E-state index is -3.53. The van der Waals surface area contributed by atoms with Crippen LogP contribution in [0.2, 0.25) is 0 Å². The normalized spacial score (nSPS) is 20.3. The Balaban J connectivity index is 2.14. The van der Waals surface area contributed by atoms with E-state index in [1.54, 1.807) is 0 Å². The van der Waals surface area contributed by atoms with Crippen molar-refractivity contribution in [2.45, 2.75) is 31.1 Å². The highest BCUT2D eigenvalue weighted by molar-refractivity contribution is 7.88. The van der Waals surface area contributed by atoms with Crippen LogP contribution in [0, 0.1) is 10.1 Å². The Labute approximate surface area is 123 Å². The van der Waals surface area contributed by atoms with Crippen LogP contribution in [0.1, 0.15) is 24.8 Å². The van der Waals surface area contributed by atoms with E-state index >= 15 is 0 Å². The van der Waals surface area contributed by atoms with Gasteiger partial charge in [0.25, 0.3) is 5.69 Å². The SMILES string of the molecule is O=[N+]([O-])c1ccc(CS(=O)(=O)N2CCCCC2CO)cc1. The highest BCUT2D eigenvalue weighted by Crippen LogP contribution is 2.23. The van der Waals surface area contributed by atoms with E-state index in [9.17, 15) is 23.6 Å². The summed E-state index contributed by atoms with van der Waals surface area (Å²) in [4.78, 5) is 10.1. The van der Waals surface area contributed by atoms with Crippen LogP contribution in [-0.2, 0) is 15.8 Å². The number of nitrogens with zero attached hydrogens (tertiary/aromatic N) is 2. The fraction of sp³-hybridized carbons (Fsp3) is 0.538. The van der Waals surface area contributed by atoms with Crippen molar-refractivity contribution in [1.82, 2.24) is 4.31 Å². The first-order chi connectivity index (χ1) is 9.94. The molecule has 1 aromatic carbocycles. The maximum absolute atomic E-state index is 12.4. The first-order valence-corrected chi connectivity index (χ1v) is 8.38. The summed E-state index contributed by atoms with van der Waals surface area (Å²) in [6.45, 7) is 0.236. The van der Waals surface area contributed by atoms with Crippen LogP contribution in [0.5, 0.6) is 0 Å². The van der Waals surface area contributed by atoms with Crippen molar-refractivity contribution in [2.24, 2.45) is 0 Å². The highest BCUT2D eigenvalue weighted by Gasteiger charge is 2.31. The molecular formula is C13H18N2O5S. The number of nitro groups is 1. The molecule has 0 aliphatic carbocycles. The van der Waals surface area contributed by atoms with Crippen LogP contribution in [0.3, 0.4) is 0 Å².